The summed E-state index contributed by atoms with van der Waals surface area (Å²) in [6, 6.07) is 12.1. The predicted octanol–water partition coefficient (Wildman–Crippen LogP) is 3.24. The number of oxime groups is 1. The van der Waals surface area contributed by atoms with Gasteiger partial charge in [0.05, 0.1) is 16.7 Å². The number of nitrogens with two attached hydrogens (primary N) is 1. The SMILES string of the molecule is NC(=N\O)/C(=C/c1cnoc1-c1ccccc1O)c1ccc([N+](=O)[O-])cc1. The first-order chi connectivity index (χ1) is 13.0. The Morgan fingerprint density at radius 2 is 1.93 bits per heavy atom. The van der Waals surface area contributed by atoms with Crippen molar-refractivity contribution in [3.05, 3.63) is 76.0 Å². The van der Waals surface area contributed by atoms with Gasteiger partial charge in [-0.2, -0.15) is 0 Å². The zero-order valence-electron chi connectivity index (χ0n) is 13.8. The fourth-order valence-corrected chi connectivity index (χ4v) is 2.50. The molecule has 1 aromatic heterocycles. The number of rotatable bonds is 5. The molecule has 0 aliphatic carbocycles. The molecule has 0 saturated carbocycles. The van der Waals surface area contributed by atoms with Crippen LogP contribution in [0, 0.1) is 10.1 Å². The molecule has 9 heteroatoms. The Morgan fingerprint density at radius 1 is 1.22 bits per heavy atom. The number of non-ortho nitro benzene ring substituents is 1. The van der Waals surface area contributed by atoms with Gasteiger partial charge >= 0.3 is 0 Å². The monoisotopic (exact) mass is 366 g/mol. The maximum Gasteiger partial charge on any atom is 0.269 e. The summed E-state index contributed by atoms with van der Waals surface area (Å²) in [5.74, 6) is 0.0936. The highest BCUT2D eigenvalue weighted by atomic mass is 16.6. The van der Waals surface area contributed by atoms with Gasteiger partial charge in [0.1, 0.15) is 5.75 Å². The van der Waals surface area contributed by atoms with E-state index in [4.69, 9.17) is 15.5 Å². The van der Waals surface area contributed by atoms with Gasteiger partial charge in [0.25, 0.3) is 5.69 Å². The van der Waals surface area contributed by atoms with Crippen LogP contribution in [-0.4, -0.2) is 26.2 Å². The molecule has 4 N–H and O–H groups in total. The van der Waals surface area contributed by atoms with Crippen LogP contribution in [-0.2, 0) is 0 Å². The Hall–Kier alpha value is -4.14. The fraction of sp³-hybridized carbons (Fsp3) is 0. The number of nitro groups is 1. The van der Waals surface area contributed by atoms with Crippen LogP contribution < -0.4 is 5.73 Å². The molecule has 2 aromatic carbocycles. The van der Waals surface area contributed by atoms with Gasteiger partial charge in [-0.1, -0.05) is 22.4 Å². The Kier molecular flexibility index (Phi) is 4.84. The van der Waals surface area contributed by atoms with Gasteiger partial charge in [-0.15, -0.1) is 0 Å². The first-order valence-corrected chi connectivity index (χ1v) is 7.68. The third-order valence-electron chi connectivity index (χ3n) is 3.82. The molecule has 0 aliphatic heterocycles. The highest BCUT2D eigenvalue weighted by Gasteiger charge is 2.16. The zero-order chi connectivity index (χ0) is 19.4. The smallest absolute Gasteiger partial charge is 0.269 e. The molecular weight excluding hydrogens is 352 g/mol. The number of nitrogens with zero attached hydrogens (tertiary/aromatic N) is 3. The van der Waals surface area contributed by atoms with E-state index < -0.39 is 4.92 Å². The molecular formula is C18H14N4O5. The predicted molar refractivity (Wildman–Crippen MR) is 98.0 cm³/mol. The average molecular weight is 366 g/mol. The van der Waals surface area contributed by atoms with Gasteiger partial charge in [-0.25, -0.2) is 0 Å². The van der Waals surface area contributed by atoms with Crippen molar-refractivity contribution in [3.63, 3.8) is 0 Å². The Bertz CT molecular complexity index is 1040. The summed E-state index contributed by atoms with van der Waals surface area (Å²) in [4.78, 5) is 10.3. The van der Waals surface area contributed by atoms with Crippen molar-refractivity contribution in [3.8, 4) is 17.1 Å². The van der Waals surface area contributed by atoms with E-state index in [-0.39, 0.29) is 17.3 Å². The van der Waals surface area contributed by atoms with Crippen LogP contribution in [0.1, 0.15) is 11.1 Å². The van der Waals surface area contributed by atoms with Crippen molar-refractivity contribution in [2.75, 3.05) is 0 Å². The molecule has 0 radical (unpaired) electrons. The second-order valence-corrected chi connectivity index (χ2v) is 5.47. The van der Waals surface area contributed by atoms with Crippen molar-refractivity contribution >= 4 is 23.2 Å². The molecule has 0 fully saturated rings. The van der Waals surface area contributed by atoms with E-state index in [1.807, 2.05) is 0 Å². The average Bonchev–Trinajstić information content (AvgIpc) is 3.14. The number of hydrogen-bond donors (Lipinski definition) is 3. The second kappa shape index (κ2) is 7.40. The third kappa shape index (κ3) is 3.61. The van der Waals surface area contributed by atoms with Crippen LogP contribution >= 0.6 is 0 Å². The Morgan fingerprint density at radius 3 is 2.56 bits per heavy atom. The lowest BCUT2D eigenvalue weighted by atomic mass is 10.00. The minimum absolute atomic E-state index is 0.00424. The lowest BCUT2D eigenvalue weighted by Gasteiger charge is -2.07. The molecule has 0 amide bonds. The largest absolute Gasteiger partial charge is 0.507 e. The normalized spacial score (nSPS) is 12.1. The minimum atomic E-state index is -0.521. The number of amidine groups is 1. The van der Waals surface area contributed by atoms with Crippen LogP contribution in [0.15, 0.2) is 64.4 Å². The lowest BCUT2D eigenvalue weighted by Crippen LogP contribution is -2.13. The number of benzene rings is 2. The Labute approximate surface area is 152 Å². The lowest BCUT2D eigenvalue weighted by molar-refractivity contribution is -0.384. The summed E-state index contributed by atoms with van der Waals surface area (Å²) in [6.45, 7) is 0. The maximum absolute atomic E-state index is 10.8. The van der Waals surface area contributed by atoms with E-state index in [0.717, 1.165) is 0 Å². The van der Waals surface area contributed by atoms with E-state index in [9.17, 15) is 15.2 Å². The first-order valence-electron chi connectivity index (χ1n) is 7.68. The van der Waals surface area contributed by atoms with Crippen LogP contribution in [0.5, 0.6) is 5.75 Å². The molecule has 0 unspecified atom stereocenters. The Balaban J connectivity index is 2.10. The van der Waals surface area contributed by atoms with E-state index >= 15 is 0 Å². The maximum atomic E-state index is 10.8. The number of nitro benzene ring substituents is 1. The molecule has 9 nitrogen and oxygen atoms in total. The van der Waals surface area contributed by atoms with Gasteiger partial charge in [0, 0.05) is 23.3 Å². The van der Waals surface area contributed by atoms with E-state index in [0.29, 0.717) is 28.0 Å². The van der Waals surface area contributed by atoms with Gasteiger partial charge < -0.3 is 20.6 Å². The molecule has 136 valence electrons. The number of aromatic nitrogens is 1. The van der Waals surface area contributed by atoms with Crippen LogP contribution in [0.25, 0.3) is 23.0 Å². The van der Waals surface area contributed by atoms with E-state index in [2.05, 4.69) is 10.3 Å². The van der Waals surface area contributed by atoms with Crippen molar-refractivity contribution in [2.45, 2.75) is 0 Å². The van der Waals surface area contributed by atoms with Gasteiger partial charge in [0.2, 0.25) is 0 Å². The quantitative estimate of drug-likeness (QED) is 0.206. The second-order valence-electron chi connectivity index (χ2n) is 5.47. The molecule has 3 aromatic rings. The zero-order valence-corrected chi connectivity index (χ0v) is 13.8. The van der Waals surface area contributed by atoms with Crippen LogP contribution in [0.4, 0.5) is 5.69 Å². The van der Waals surface area contributed by atoms with Gasteiger partial charge in [-0.05, 0) is 35.9 Å². The highest BCUT2D eigenvalue weighted by molar-refractivity contribution is 6.26. The number of aromatic hydroxyl groups is 1. The summed E-state index contributed by atoms with van der Waals surface area (Å²) in [5.41, 5.74) is 7.37. The fourth-order valence-electron chi connectivity index (χ4n) is 2.50. The molecule has 1 heterocycles. The van der Waals surface area contributed by atoms with Crippen molar-refractivity contribution in [1.29, 1.82) is 0 Å². The first kappa shape index (κ1) is 17.7. The van der Waals surface area contributed by atoms with Gasteiger partial charge in [0.15, 0.2) is 11.6 Å². The standard InChI is InChI=1S/C18H14N4O5/c19-18(21-24)15(11-5-7-13(8-6-11)22(25)26)9-12-10-20-27-17(12)14-3-1-2-4-16(14)23/h1-10,23-24H,(H2,19,21)/b15-9+. The molecule has 27 heavy (non-hydrogen) atoms. The van der Waals surface area contributed by atoms with Crippen LogP contribution in [0.2, 0.25) is 0 Å². The van der Waals surface area contributed by atoms with Gasteiger partial charge in [-0.3, -0.25) is 10.1 Å². The van der Waals surface area contributed by atoms with Crippen molar-refractivity contribution in [2.24, 2.45) is 10.9 Å². The molecule has 0 spiro atoms. The topological polar surface area (TPSA) is 148 Å². The minimum Gasteiger partial charge on any atom is -0.507 e. The van der Waals surface area contributed by atoms with Crippen molar-refractivity contribution < 1.29 is 19.8 Å². The van der Waals surface area contributed by atoms with Crippen LogP contribution in [0.3, 0.4) is 0 Å². The number of phenols is 1. The summed E-state index contributed by atoms with van der Waals surface area (Å²) in [6.07, 6.45) is 2.96. The van der Waals surface area contributed by atoms with Crippen molar-refractivity contribution in [1.82, 2.24) is 5.16 Å². The van der Waals surface area contributed by atoms with E-state index in [1.54, 1.807) is 24.3 Å². The molecule has 0 bridgehead atoms. The molecule has 3 rings (SSSR count). The third-order valence-corrected chi connectivity index (χ3v) is 3.82. The number of para-hydroxylation sites is 1. The summed E-state index contributed by atoms with van der Waals surface area (Å²) < 4.78 is 5.25. The summed E-state index contributed by atoms with van der Waals surface area (Å²) in [7, 11) is 0. The molecule has 0 aliphatic rings. The number of hydrogen-bond acceptors (Lipinski definition) is 7. The molecule has 0 atom stereocenters. The summed E-state index contributed by atoms with van der Waals surface area (Å²) in [5, 5.41) is 36.7. The number of phenolic OH excluding ortho intramolecular Hbond substituents is 1. The highest BCUT2D eigenvalue weighted by Crippen LogP contribution is 2.33. The van der Waals surface area contributed by atoms with E-state index in [1.165, 1.54) is 36.5 Å². The summed E-state index contributed by atoms with van der Waals surface area (Å²) >= 11 is 0. The molecule has 0 saturated heterocycles.